The first-order valence-electron chi connectivity index (χ1n) is 8.56. The molecule has 2 aliphatic carbocycles. The lowest BCUT2D eigenvalue weighted by Gasteiger charge is -2.31. The topological polar surface area (TPSA) is 73.1 Å². The molecule has 4 rings (SSSR count). The number of carbonyl (C=O) groups is 1. The van der Waals surface area contributed by atoms with E-state index in [1.807, 2.05) is 13.0 Å². The molecular weight excluding hydrogens is 316 g/mol. The lowest BCUT2D eigenvalue weighted by atomic mass is 9.70. The van der Waals surface area contributed by atoms with Gasteiger partial charge in [0.25, 0.3) is 0 Å². The van der Waals surface area contributed by atoms with Gasteiger partial charge in [-0.3, -0.25) is 14.9 Å². The number of hydrogen-bond acceptors (Lipinski definition) is 4. The number of nitrogens with zero attached hydrogens (tertiary/aromatic N) is 2. The molecule has 2 atom stereocenters. The fourth-order valence-corrected chi connectivity index (χ4v) is 4.72. The monoisotopic (exact) mass is 336 g/mol. The first-order valence-corrected chi connectivity index (χ1v) is 8.56. The van der Waals surface area contributed by atoms with E-state index in [-0.39, 0.29) is 28.2 Å². The highest BCUT2D eigenvalue weighted by atomic mass is 16.6. The number of hydrogen-bond donors (Lipinski definition) is 0. The van der Waals surface area contributed by atoms with Crippen molar-refractivity contribution in [1.29, 1.82) is 0 Å². The quantitative estimate of drug-likeness (QED) is 0.458. The molecule has 1 aromatic carbocycles. The molecule has 0 N–H and O–H groups in total. The number of ketones is 1. The predicted octanol–water partition coefficient (Wildman–Crippen LogP) is 4.55. The van der Waals surface area contributed by atoms with E-state index in [4.69, 9.17) is 0 Å². The van der Waals surface area contributed by atoms with Crippen molar-refractivity contribution in [2.75, 3.05) is 0 Å². The fourth-order valence-electron chi connectivity index (χ4n) is 4.72. The summed E-state index contributed by atoms with van der Waals surface area (Å²) in [5.41, 5.74) is 1.06. The number of rotatable bonds is 2. The average molecular weight is 336 g/mol. The zero-order valence-corrected chi connectivity index (χ0v) is 14.6. The highest BCUT2D eigenvalue weighted by molar-refractivity contribution is 6.08. The molecule has 2 saturated carbocycles. The van der Waals surface area contributed by atoms with E-state index in [9.17, 15) is 14.9 Å². The summed E-state index contributed by atoms with van der Waals surface area (Å²) in [6.07, 6.45) is 5.15. The lowest BCUT2D eigenvalue weighted by molar-refractivity contribution is -0.383. The largest absolute Gasteiger partial charge is 0.302 e. The molecule has 0 radical (unpaired) electrons. The molecule has 25 heavy (non-hydrogen) atoms. The summed E-state index contributed by atoms with van der Waals surface area (Å²) in [7, 11) is 0. The van der Waals surface area contributed by atoms with Gasteiger partial charge in [0, 0.05) is 22.6 Å². The van der Waals surface area contributed by atoms with Gasteiger partial charge in [-0.2, -0.15) is 0 Å². The van der Waals surface area contributed by atoms with Crippen LogP contribution in [0.25, 0.3) is 17.0 Å². The number of allylic oxidation sites excluding steroid dienone is 1. The Morgan fingerprint density at radius 3 is 2.68 bits per heavy atom. The molecule has 2 aromatic rings. The maximum Gasteiger partial charge on any atom is 0.302 e. The van der Waals surface area contributed by atoms with Crippen molar-refractivity contribution in [3.63, 3.8) is 0 Å². The van der Waals surface area contributed by atoms with Crippen molar-refractivity contribution in [3.8, 4) is 0 Å². The number of fused-ring (bicyclic) bond motifs is 3. The second-order valence-corrected chi connectivity index (χ2v) is 7.91. The SMILES string of the molecule is CC1(C)[C@@H]2CC[C@@]1(C)C(=O)/C2=C/c1ccc2cccnc2c1[N+](=O)[O-]. The van der Waals surface area contributed by atoms with Crippen molar-refractivity contribution in [2.45, 2.75) is 33.6 Å². The van der Waals surface area contributed by atoms with Gasteiger partial charge in [-0.1, -0.05) is 32.9 Å². The van der Waals surface area contributed by atoms with E-state index in [1.165, 1.54) is 0 Å². The van der Waals surface area contributed by atoms with E-state index in [0.717, 1.165) is 23.8 Å². The Balaban J connectivity index is 1.93. The van der Waals surface area contributed by atoms with Crippen LogP contribution in [0.1, 0.15) is 39.2 Å². The molecule has 5 heteroatoms. The first-order chi connectivity index (χ1) is 11.8. The Labute approximate surface area is 145 Å². The van der Waals surface area contributed by atoms with Crippen LogP contribution in [0.4, 0.5) is 5.69 Å². The number of benzene rings is 1. The standard InChI is InChI=1S/C20H20N2O3/c1-19(2)15-8-9-20(19,3)18(23)14(15)11-13-7-6-12-5-4-10-21-16(12)17(13)22(24)25/h4-7,10-11,15H,8-9H2,1-3H3/b14-11+/t15-,20+/m1/s1. The van der Waals surface area contributed by atoms with E-state index in [2.05, 4.69) is 18.8 Å². The zero-order valence-electron chi connectivity index (χ0n) is 14.6. The van der Waals surface area contributed by atoms with Crippen molar-refractivity contribution in [1.82, 2.24) is 4.98 Å². The molecule has 1 aromatic heterocycles. The van der Waals surface area contributed by atoms with E-state index in [1.54, 1.807) is 30.5 Å². The van der Waals surface area contributed by atoms with Gasteiger partial charge >= 0.3 is 5.69 Å². The third kappa shape index (κ3) is 1.95. The van der Waals surface area contributed by atoms with E-state index < -0.39 is 4.92 Å². The van der Waals surface area contributed by atoms with Crippen LogP contribution in [0.5, 0.6) is 0 Å². The Hall–Kier alpha value is -2.56. The zero-order chi connectivity index (χ0) is 18.0. The van der Waals surface area contributed by atoms with Crippen molar-refractivity contribution >= 4 is 28.4 Å². The van der Waals surface area contributed by atoms with E-state index >= 15 is 0 Å². The molecular formula is C20H20N2O3. The van der Waals surface area contributed by atoms with Crippen LogP contribution in [0.15, 0.2) is 36.0 Å². The van der Waals surface area contributed by atoms with Crippen LogP contribution in [0.3, 0.4) is 0 Å². The number of carbonyl (C=O) groups excluding carboxylic acids is 1. The lowest BCUT2D eigenvalue weighted by Crippen LogP contribution is -2.32. The third-order valence-corrected chi connectivity index (χ3v) is 6.64. The Morgan fingerprint density at radius 2 is 2.04 bits per heavy atom. The smallest absolute Gasteiger partial charge is 0.294 e. The first kappa shape index (κ1) is 15.9. The number of pyridine rings is 1. The minimum Gasteiger partial charge on any atom is -0.294 e. The molecule has 2 fully saturated rings. The van der Waals surface area contributed by atoms with Crippen molar-refractivity contribution in [2.24, 2.45) is 16.7 Å². The Bertz CT molecular complexity index is 961. The van der Waals surface area contributed by atoms with E-state index in [0.29, 0.717) is 11.1 Å². The maximum atomic E-state index is 13.0. The van der Waals surface area contributed by atoms with Gasteiger partial charge in [0.15, 0.2) is 5.78 Å². The molecule has 0 saturated heterocycles. The predicted molar refractivity (Wildman–Crippen MR) is 96.0 cm³/mol. The van der Waals surface area contributed by atoms with Crippen LogP contribution in [-0.4, -0.2) is 15.7 Å². The summed E-state index contributed by atoms with van der Waals surface area (Å²) < 4.78 is 0. The van der Waals surface area contributed by atoms with Crippen LogP contribution in [0.2, 0.25) is 0 Å². The van der Waals surface area contributed by atoms with Crippen molar-refractivity contribution < 1.29 is 9.72 Å². The van der Waals surface area contributed by atoms with Crippen LogP contribution in [-0.2, 0) is 4.79 Å². The molecule has 128 valence electrons. The van der Waals surface area contributed by atoms with Gasteiger partial charge in [0.1, 0.15) is 5.52 Å². The second-order valence-electron chi connectivity index (χ2n) is 7.91. The molecule has 0 aliphatic heterocycles. The molecule has 0 spiro atoms. The van der Waals surface area contributed by atoms with Gasteiger partial charge < -0.3 is 0 Å². The fraction of sp³-hybridized carbons (Fsp3) is 0.400. The molecule has 0 amide bonds. The summed E-state index contributed by atoms with van der Waals surface area (Å²) >= 11 is 0. The van der Waals surface area contributed by atoms with Gasteiger partial charge in [-0.05, 0) is 42.4 Å². The molecule has 2 aliphatic rings. The normalized spacial score (nSPS) is 28.8. The maximum absolute atomic E-state index is 13.0. The molecule has 0 unspecified atom stereocenters. The summed E-state index contributed by atoms with van der Waals surface area (Å²) in [5.74, 6) is 0.299. The Kier molecular flexibility index (Phi) is 3.17. The average Bonchev–Trinajstić information content (AvgIpc) is 2.88. The number of nitro benzene ring substituents is 1. The summed E-state index contributed by atoms with van der Waals surface area (Å²) in [4.78, 5) is 28.5. The van der Waals surface area contributed by atoms with Gasteiger partial charge in [-0.15, -0.1) is 0 Å². The summed E-state index contributed by atoms with van der Waals surface area (Å²) in [5, 5.41) is 12.4. The highest BCUT2D eigenvalue weighted by Gasteiger charge is 2.63. The second kappa shape index (κ2) is 4.97. The minimum absolute atomic E-state index is 0.0240. The van der Waals surface area contributed by atoms with Crippen LogP contribution < -0.4 is 0 Å². The van der Waals surface area contributed by atoms with Gasteiger partial charge in [0.05, 0.1) is 10.5 Å². The summed E-state index contributed by atoms with van der Waals surface area (Å²) in [6.45, 7) is 6.31. The van der Waals surface area contributed by atoms with Gasteiger partial charge in [-0.25, -0.2) is 4.98 Å². The minimum atomic E-state index is -0.397. The Morgan fingerprint density at radius 1 is 1.28 bits per heavy atom. The van der Waals surface area contributed by atoms with Gasteiger partial charge in [0.2, 0.25) is 0 Å². The third-order valence-electron chi connectivity index (χ3n) is 6.64. The number of aromatic nitrogens is 1. The van der Waals surface area contributed by atoms with Crippen LogP contribution in [0, 0.1) is 26.9 Å². The number of nitro groups is 1. The highest BCUT2D eigenvalue weighted by Crippen LogP contribution is 2.65. The van der Waals surface area contributed by atoms with Crippen molar-refractivity contribution in [3.05, 3.63) is 51.7 Å². The molecule has 5 nitrogen and oxygen atoms in total. The summed E-state index contributed by atoms with van der Waals surface area (Å²) in [6, 6.07) is 7.11. The number of Topliss-reactive ketones (excluding diaryl/α,β-unsaturated/α-hetero) is 1. The molecule has 2 bridgehead atoms. The van der Waals surface area contributed by atoms with Crippen LogP contribution >= 0.6 is 0 Å². The molecule has 1 heterocycles.